The summed E-state index contributed by atoms with van der Waals surface area (Å²) < 4.78 is 14.8. The number of tetrazole rings is 1. The third-order valence-electron chi connectivity index (χ3n) is 7.19. The number of thioether (sulfide) groups is 1. The summed E-state index contributed by atoms with van der Waals surface area (Å²) in [6.45, 7) is 0.489. The molecule has 0 bridgehead atoms. The summed E-state index contributed by atoms with van der Waals surface area (Å²) in [6, 6.07) is 34.2. The molecule has 0 aliphatic carbocycles. The van der Waals surface area contributed by atoms with Gasteiger partial charge in [-0.3, -0.25) is 0 Å². The molecule has 8 nitrogen and oxygen atoms in total. The van der Waals surface area contributed by atoms with E-state index in [0.717, 1.165) is 39.1 Å². The Morgan fingerprint density at radius 2 is 1.59 bits per heavy atom. The normalized spacial score (nSPS) is 18.8. The molecule has 0 spiro atoms. The van der Waals surface area contributed by atoms with Gasteiger partial charge in [-0.25, -0.2) is 0 Å². The van der Waals surface area contributed by atoms with Crippen LogP contribution in [0, 0.1) is 0 Å². The zero-order chi connectivity index (χ0) is 28.0. The summed E-state index contributed by atoms with van der Waals surface area (Å²) in [5, 5.41) is 22.5. The second-order valence-corrected chi connectivity index (χ2v) is 10.8. The van der Waals surface area contributed by atoms with Gasteiger partial charge < -0.3 is 20.3 Å². The molecule has 4 aromatic carbocycles. The minimum Gasteiger partial charge on any atom is -0.392 e. The minimum atomic E-state index is -0.541. The molecule has 1 fully saturated rings. The topological polar surface area (TPSA) is 108 Å². The van der Waals surface area contributed by atoms with Gasteiger partial charge in [0.15, 0.2) is 6.29 Å². The number of aliphatic hydroxyl groups excluding tert-OH is 1. The van der Waals surface area contributed by atoms with E-state index >= 15 is 0 Å². The van der Waals surface area contributed by atoms with E-state index in [4.69, 9.17) is 15.2 Å². The second kappa shape index (κ2) is 12.8. The molecule has 6 rings (SSSR count). The summed E-state index contributed by atoms with van der Waals surface area (Å²) >= 11 is 1.56. The van der Waals surface area contributed by atoms with Gasteiger partial charge in [0.25, 0.3) is 0 Å². The summed E-state index contributed by atoms with van der Waals surface area (Å²) in [5.41, 5.74) is 13.1. The number of hydrogen-bond acceptors (Lipinski definition) is 8. The number of ether oxygens (including phenoxy) is 2. The molecule has 9 heteroatoms. The minimum absolute atomic E-state index is 0.00652. The molecule has 0 amide bonds. The van der Waals surface area contributed by atoms with E-state index in [0.29, 0.717) is 23.9 Å². The Kier molecular flexibility index (Phi) is 8.50. The molecule has 0 unspecified atom stereocenters. The van der Waals surface area contributed by atoms with Crippen LogP contribution >= 0.6 is 11.8 Å². The van der Waals surface area contributed by atoms with E-state index in [1.165, 1.54) is 0 Å². The van der Waals surface area contributed by atoms with Crippen molar-refractivity contribution in [1.82, 2.24) is 20.2 Å². The molecule has 3 atom stereocenters. The van der Waals surface area contributed by atoms with Gasteiger partial charge in [0.1, 0.15) is 0 Å². The quantitative estimate of drug-likeness (QED) is 0.222. The van der Waals surface area contributed by atoms with Crippen LogP contribution in [0.2, 0.25) is 0 Å². The van der Waals surface area contributed by atoms with Gasteiger partial charge in [0.05, 0.1) is 24.5 Å². The number of benzene rings is 4. The summed E-state index contributed by atoms with van der Waals surface area (Å²) in [5.74, 6) is 0.653. The van der Waals surface area contributed by atoms with Crippen LogP contribution in [-0.4, -0.2) is 37.2 Å². The average Bonchev–Trinajstić information content (AvgIpc) is 3.53. The molecule has 208 valence electrons. The summed E-state index contributed by atoms with van der Waals surface area (Å²) in [4.78, 5) is 0. The molecular weight excluding hydrogens is 534 g/mol. The molecule has 2 heterocycles. The van der Waals surface area contributed by atoms with Crippen LogP contribution < -0.4 is 5.73 Å². The van der Waals surface area contributed by atoms with Crippen molar-refractivity contribution in [3.05, 3.63) is 125 Å². The Balaban J connectivity index is 1.23. The number of para-hydroxylation sites is 1. The lowest BCUT2D eigenvalue weighted by Gasteiger charge is -2.36. The first-order valence-electron chi connectivity index (χ1n) is 13.6. The first-order chi connectivity index (χ1) is 20.2. The Labute approximate surface area is 243 Å². The second-order valence-electron chi connectivity index (χ2n) is 9.85. The highest BCUT2D eigenvalue weighted by atomic mass is 32.2. The monoisotopic (exact) mass is 565 g/mol. The Morgan fingerprint density at radius 1 is 0.854 bits per heavy atom. The predicted octanol–water partition coefficient (Wildman–Crippen LogP) is 5.62. The van der Waals surface area contributed by atoms with E-state index in [-0.39, 0.29) is 18.8 Å². The number of nitrogens with two attached hydrogens (primary N) is 1. The lowest BCUT2D eigenvalue weighted by atomic mass is 9.98. The van der Waals surface area contributed by atoms with E-state index in [1.807, 2.05) is 66.7 Å². The fourth-order valence-electron chi connectivity index (χ4n) is 4.99. The summed E-state index contributed by atoms with van der Waals surface area (Å²) in [6.07, 6.45) is -0.146. The number of aliphatic hydroxyl groups is 1. The molecule has 0 radical (unpaired) electrons. The van der Waals surface area contributed by atoms with Crippen molar-refractivity contribution in [2.24, 2.45) is 5.73 Å². The number of hydrogen-bond donors (Lipinski definition) is 2. The number of nitrogens with zero attached hydrogens (tertiary/aromatic N) is 4. The maximum Gasteiger partial charge on any atom is 0.214 e. The van der Waals surface area contributed by atoms with Gasteiger partial charge in [-0.05, 0) is 50.4 Å². The zero-order valence-corrected chi connectivity index (χ0v) is 23.2. The molecule has 1 aliphatic heterocycles. The van der Waals surface area contributed by atoms with E-state index < -0.39 is 6.29 Å². The highest BCUT2D eigenvalue weighted by molar-refractivity contribution is 7.99. The summed E-state index contributed by atoms with van der Waals surface area (Å²) in [7, 11) is 0. The van der Waals surface area contributed by atoms with Crippen LogP contribution in [0.1, 0.15) is 41.1 Å². The standard InChI is InChI=1S/C32H31N5O3S/c33-19-26-6-4-5-9-29(26)23-14-16-25(17-15-23)31-39-28(18-30(40-31)24-12-10-22(20-38)11-13-24)21-41-32-34-35-36-37(32)27-7-2-1-3-8-27/h1-17,28,30-31,38H,18-21,33H2/t28-,30+,31+/m1/s1. The van der Waals surface area contributed by atoms with Crippen molar-refractivity contribution in [2.45, 2.75) is 43.2 Å². The molecule has 0 saturated carbocycles. The third-order valence-corrected chi connectivity index (χ3v) is 8.24. The molecule has 1 saturated heterocycles. The molecular formula is C32H31N5O3S. The van der Waals surface area contributed by atoms with E-state index in [2.05, 4.69) is 51.9 Å². The van der Waals surface area contributed by atoms with Crippen LogP contribution in [0.15, 0.2) is 108 Å². The van der Waals surface area contributed by atoms with Gasteiger partial charge >= 0.3 is 0 Å². The van der Waals surface area contributed by atoms with Gasteiger partial charge in [-0.2, -0.15) is 4.68 Å². The van der Waals surface area contributed by atoms with Crippen LogP contribution in [0.5, 0.6) is 0 Å². The molecule has 1 aliphatic rings. The van der Waals surface area contributed by atoms with Crippen molar-refractivity contribution in [3.8, 4) is 16.8 Å². The highest BCUT2D eigenvalue weighted by Gasteiger charge is 2.32. The first kappa shape index (κ1) is 27.3. The van der Waals surface area contributed by atoms with Gasteiger partial charge in [-0.1, -0.05) is 103 Å². The van der Waals surface area contributed by atoms with Gasteiger partial charge in [0, 0.05) is 24.3 Å². The highest BCUT2D eigenvalue weighted by Crippen LogP contribution is 2.40. The molecule has 5 aromatic rings. The maximum absolute atomic E-state index is 9.50. The predicted molar refractivity (Wildman–Crippen MR) is 158 cm³/mol. The molecule has 41 heavy (non-hydrogen) atoms. The van der Waals surface area contributed by atoms with Crippen molar-refractivity contribution in [3.63, 3.8) is 0 Å². The van der Waals surface area contributed by atoms with Crippen molar-refractivity contribution < 1.29 is 14.6 Å². The largest absolute Gasteiger partial charge is 0.392 e. The Morgan fingerprint density at radius 3 is 2.34 bits per heavy atom. The maximum atomic E-state index is 9.50. The van der Waals surface area contributed by atoms with Crippen LogP contribution in [0.3, 0.4) is 0 Å². The van der Waals surface area contributed by atoms with E-state index in [1.54, 1.807) is 16.4 Å². The van der Waals surface area contributed by atoms with Crippen molar-refractivity contribution >= 4 is 11.8 Å². The van der Waals surface area contributed by atoms with E-state index in [9.17, 15) is 5.11 Å². The Bertz CT molecular complexity index is 1560. The van der Waals surface area contributed by atoms with Crippen LogP contribution in [0.25, 0.3) is 16.8 Å². The Hall–Kier alpha value is -3.86. The van der Waals surface area contributed by atoms with Crippen LogP contribution in [0.4, 0.5) is 0 Å². The number of rotatable bonds is 9. The fourth-order valence-corrected chi connectivity index (χ4v) is 5.90. The molecule has 3 N–H and O–H groups in total. The molecule has 1 aromatic heterocycles. The van der Waals surface area contributed by atoms with Gasteiger partial charge in [0.2, 0.25) is 5.16 Å². The van der Waals surface area contributed by atoms with Crippen molar-refractivity contribution in [1.29, 1.82) is 0 Å². The fraction of sp³-hybridized carbons (Fsp3) is 0.219. The third kappa shape index (κ3) is 6.24. The van der Waals surface area contributed by atoms with Crippen LogP contribution in [-0.2, 0) is 22.6 Å². The average molecular weight is 566 g/mol. The number of aromatic nitrogens is 4. The van der Waals surface area contributed by atoms with Gasteiger partial charge in [-0.15, -0.1) is 5.10 Å². The lowest BCUT2D eigenvalue weighted by molar-refractivity contribution is -0.245. The smallest absolute Gasteiger partial charge is 0.214 e. The zero-order valence-electron chi connectivity index (χ0n) is 22.4. The lowest BCUT2D eigenvalue weighted by Crippen LogP contribution is -2.31. The first-order valence-corrected chi connectivity index (χ1v) is 14.6. The SMILES string of the molecule is NCc1ccccc1-c1ccc([C@H]2O[C@@H](CSc3nnnn3-c3ccccc3)C[C@@H](c3ccc(CO)cc3)O2)cc1. The van der Waals surface area contributed by atoms with Crippen molar-refractivity contribution in [2.75, 3.05) is 5.75 Å².